The van der Waals surface area contributed by atoms with Gasteiger partial charge in [-0.15, -0.1) is 11.3 Å². The van der Waals surface area contributed by atoms with Gasteiger partial charge in [0.05, 0.1) is 22.8 Å². The summed E-state index contributed by atoms with van der Waals surface area (Å²) in [5.41, 5.74) is 1.68. The molecule has 4 heterocycles. The fourth-order valence-electron chi connectivity index (χ4n) is 4.54. The molecule has 0 unspecified atom stereocenters. The number of hydrogen-bond donors (Lipinski definition) is 1. The van der Waals surface area contributed by atoms with Crippen LogP contribution in [-0.2, 0) is 11.2 Å². The van der Waals surface area contributed by atoms with Gasteiger partial charge in [0.1, 0.15) is 11.9 Å². The van der Waals surface area contributed by atoms with Crippen LogP contribution in [0.3, 0.4) is 0 Å². The van der Waals surface area contributed by atoms with Crippen LogP contribution in [0, 0.1) is 26.7 Å². The van der Waals surface area contributed by atoms with Gasteiger partial charge in [0.15, 0.2) is 0 Å². The average molecular weight is 424 g/mol. The molecule has 2 aliphatic heterocycles. The Hall–Kier alpha value is -2.03. The van der Waals surface area contributed by atoms with Crippen LogP contribution in [0.2, 0.25) is 0 Å². The molecule has 1 saturated heterocycles. The molecule has 1 amide bonds. The standard InChI is InChI=1S/C20H27F2N5OS/c1-11-8-18-24-15(9-16(20(21)22)27(18)25-11)14-4-6-26(7-5-14)19(28)10-17-12(2)23-13(3)29-17/h8,14-16,20,24H,4-7,9-10H2,1-3H3/t15-,16+/m0/s1. The zero-order valence-electron chi connectivity index (χ0n) is 17.0. The summed E-state index contributed by atoms with van der Waals surface area (Å²) in [4.78, 5) is 20.0. The number of thiazole rings is 1. The normalized spacial score (nSPS) is 22.6. The van der Waals surface area contributed by atoms with E-state index >= 15 is 0 Å². The first kappa shape index (κ1) is 20.3. The van der Waals surface area contributed by atoms with E-state index in [4.69, 9.17) is 0 Å². The van der Waals surface area contributed by atoms with Crippen molar-refractivity contribution in [2.45, 2.75) is 65.0 Å². The molecule has 4 rings (SSSR count). The quantitative estimate of drug-likeness (QED) is 0.814. The van der Waals surface area contributed by atoms with Gasteiger partial charge in [-0.3, -0.25) is 4.79 Å². The van der Waals surface area contributed by atoms with Gasteiger partial charge < -0.3 is 10.2 Å². The molecule has 0 aliphatic carbocycles. The van der Waals surface area contributed by atoms with Crippen molar-refractivity contribution in [2.24, 2.45) is 5.92 Å². The molecule has 0 bridgehead atoms. The molecule has 9 heteroatoms. The zero-order valence-corrected chi connectivity index (χ0v) is 17.8. The van der Waals surface area contributed by atoms with Crippen molar-refractivity contribution < 1.29 is 13.6 Å². The first-order valence-electron chi connectivity index (χ1n) is 10.1. The predicted octanol–water partition coefficient (Wildman–Crippen LogP) is 3.74. The number of aryl methyl sites for hydroxylation is 3. The maximum Gasteiger partial charge on any atom is 0.260 e. The van der Waals surface area contributed by atoms with Crippen LogP contribution >= 0.6 is 11.3 Å². The Kier molecular flexibility index (Phi) is 5.59. The van der Waals surface area contributed by atoms with E-state index in [1.807, 2.05) is 31.7 Å². The fraction of sp³-hybridized carbons (Fsp3) is 0.650. The number of rotatable bonds is 4. The highest BCUT2D eigenvalue weighted by Crippen LogP contribution is 2.37. The molecule has 2 aliphatic rings. The third-order valence-electron chi connectivity index (χ3n) is 6.06. The summed E-state index contributed by atoms with van der Waals surface area (Å²) in [5, 5.41) is 8.64. The molecule has 29 heavy (non-hydrogen) atoms. The number of aromatic nitrogens is 3. The number of carbonyl (C=O) groups is 1. The number of nitrogens with zero attached hydrogens (tertiary/aromatic N) is 4. The summed E-state index contributed by atoms with van der Waals surface area (Å²) in [7, 11) is 0. The molecule has 2 aromatic heterocycles. The van der Waals surface area contributed by atoms with Gasteiger partial charge in [-0.25, -0.2) is 18.4 Å². The Morgan fingerprint density at radius 2 is 2.03 bits per heavy atom. The van der Waals surface area contributed by atoms with Crippen molar-refractivity contribution in [3.05, 3.63) is 27.3 Å². The van der Waals surface area contributed by atoms with Crippen LogP contribution in [0.25, 0.3) is 0 Å². The molecule has 2 aromatic rings. The molecule has 1 N–H and O–H groups in total. The van der Waals surface area contributed by atoms with Gasteiger partial charge >= 0.3 is 0 Å². The summed E-state index contributed by atoms with van der Waals surface area (Å²) in [6, 6.07) is 0.933. The van der Waals surface area contributed by atoms with Gasteiger partial charge in [-0.1, -0.05) is 0 Å². The number of fused-ring (bicyclic) bond motifs is 1. The molecule has 158 valence electrons. The smallest absolute Gasteiger partial charge is 0.260 e. The molecule has 0 spiro atoms. The third kappa shape index (κ3) is 4.15. The first-order valence-corrected chi connectivity index (χ1v) is 10.9. The Morgan fingerprint density at radius 1 is 1.31 bits per heavy atom. The highest BCUT2D eigenvalue weighted by Gasteiger charge is 2.38. The van der Waals surface area contributed by atoms with Crippen molar-refractivity contribution in [2.75, 3.05) is 18.4 Å². The highest BCUT2D eigenvalue weighted by atomic mass is 32.1. The number of halogens is 2. The topological polar surface area (TPSA) is 63.1 Å². The van der Waals surface area contributed by atoms with Gasteiger partial charge in [-0.05, 0) is 46.0 Å². The molecule has 1 fully saturated rings. The van der Waals surface area contributed by atoms with E-state index in [0.717, 1.165) is 34.1 Å². The summed E-state index contributed by atoms with van der Waals surface area (Å²) in [6.45, 7) is 7.07. The number of nitrogens with one attached hydrogen (secondary N) is 1. The van der Waals surface area contributed by atoms with E-state index in [0.29, 0.717) is 31.7 Å². The van der Waals surface area contributed by atoms with Gasteiger partial charge in [-0.2, -0.15) is 5.10 Å². The molecule has 6 nitrogen and oxygen atoms in total. The van der Waals surface area contributed by atoms with E-state index < -0.39 is 12.5 Å². The van der Waals surface area contributed by atoms with Crippen molar-refractivity contribution >= 4 is 23.1 Å². The summed E-state index contributed by atoms with van der Waals surface area (Å²) in [6.07, 6.45) is -0.0230. The Bertz CT molecular complexity index is 888. The van der Waals surface area contributed by atoms with Gasteiger partial charge in [0.2, 0.25) is 5.91 Å². The van der Waals surface area contributed by atoms with Crippen molar-refractivity contribution in [1.82, 2.24) is 19.7 Å². The van der Waals surface area contributed by atoms with Gasteiger partial charge in [0, 0.05) is 30.1 Å². The largest absolute Gasteiger partial charge is 0.367 e. The number of piperidine rings is 1. The fourth-order valence-corrected chi connectivity index (χ4v) is 5.47. The number of hydrogen-bond acceptors (Lipinski definition) is 5. The van der Waals surface area contributed by atoms with E-state index in [-0.39, 0.29) is 17.9 Å². The second kappa shape index (κ2) is 8.01. The van der Waals surface area contributed by atoms with Crippen LogP contribution in [0.5, 0.6) is 0 Å². The summed E-state index contributed by atoms with van der Waals surface area (Å²) in [5.74, 6) is 1.08. The van der Waals surface area contributed by atoms with Crippen LogP contribution < -0.4 is 5.32 Å². The van der Waals surface area contributed by atoms with Crippen LogP contribution in [0.4, 0.5) is 14.6 Å². The average Bonchev–Trinajstić information content (AvgIpc) is 3.20. The van der Waals surface area contributed by atoms with E-state index in [9.17, 15) is 13.6 Å². The molecule has 2 atom stereocenters. The van der Waals surface area contributed by atoms with E-state index in [1.54, 1.807) is 11.3 Å². The maximum atomic E-state index is 13.6. The second-order valence-corrected chi connectivity index (χ2v) is 9.43. The zero-order chi connectivity index (χ0) is 20.7. The number of anilines is 1. The van der Waals surface area contributed by atoms with Crippen LogP contribution in [0.15, 0.2) is 6.07 Å². The van der Waals surface area contributed by atoms with Crippen molar-refractivity contribution in [3.8, 4) is 0 Å². The van der Waals surface area contributed by atoms with Crippen molar-refractivity contribution in [3.63, 3.8) is 0 Å². The number of alkyl halides is 2. The van der Waals surface area contributed by atoms with E-state index in [2.05, 4.69) is 15.4 Å². The number of likely N-dealkylation sites (tertiary alicyclic amines) is 1. The minimum atomic E-state index is -2.44. The lowest BCUT2D eigenvalue weighted by Gasteiger charge is -2.40. The molecule has 0 aromatic carbocycles. The summed E-state index contributed by atoms with van der Waals surface area (Å²) >= 11 is 1.58. The SMILES string of the molecule is Cc1cc2n(n1)[C@@H](C(F)F)C[C@@H](C1CCN(C(=O)Cc3sc(C)nc3C)CC1)N2. The minimum absolute atomic E-state index is 0.0127. The molecular weight excluding hydrogens is 396 g/mol. The van der Waals surface area contributed by atoms with Gasteiger partial charge in [0.25, 0.3) is 6.43 Å². The first-order chi connectivity index (χ1) is 13.8. The van der Waals surface area contributed by atoms with E-state index in [1.165, 1.54) is 4.68 Å². The monoisotopic (exact) mass is 423 g/mol. The second-order valence-electron chi connectivity index (χ2n) is 8.14. The number of carbonyl (C=O) groups excluding carboxylic acids is 1. The lowest BCUT2D eigenvalue weighted by Crippen LogP contribution is -2.46. The minimum Gasteiger partial charge on any atom is -0.367 e. The lowest BCUT2D eigenvalue weighted by molar-refractivity contribution is -0.131. The lowest BCUT2D eigenvalue weighted by atomic mass is 9.85. The third-order valence-corrected chi connectivity index (χ3v) is 7.14. The van der Waals surface area contributed by atoms with Crippen LogP contribution in [-0.4, -0.2) is 51.1 Å². The maximum absolute atomic E-state index is 13.6. The van der Waals surface area contributed by atoms with Crippen molar-refractivity contribution in [1.29, 1.82) is 0 Å². The predicted molar refractivity (Wildman–Crippen MR) is 109 cm³/mol. The molecular formula is C20H27F2N5OS. The summed E-state index contributed by atoms with van der Waals surface area (Å²) < 4.78 is 28.7. The highest BCUT2D eigenvalue weighted by molar-refractivity contribution is 7.11. The molecule has 0 radical (unpaired) electrons. The molecule has 0 saturated carbocycles. The Morgan fingerprint density at radius 3 is 2.66 bits per heavy atom. The Labute approximate surface area is 173 Å². The van der Waals surface area contributed by atoms with Crippen LogP contribution in [0.1, 0.15) is 46.6 Å². The Balaban J connectivity index is 1.37. The number of amides is 1.